The first kappa shape index (κ1) is 22.7. The normalized spacial score (nSPS) is 15.5. The Hall–Kier alpha value is -1.54. The van der Waals surface area contributed by atoms with Crippen molar-refractivity contribution in [3.05, 3.63) is 42.0 Å². The Morgan fingerprint density at radius 1 is 1.07 bits per heavy atom. The lowest BCUT2D eigenvalue weighted by Gasteiger charge is -2.42. The zero-order valence-corrected chi connectivity index (χ0v) is 19.4. The minimum atomic E-state index is 0. The van der Waals surface area contributed by atoms with Crippen molar-refractivity contribution >= 4 is 40.7 Å². The molecular formula is C22H32IN3O2. The van der Waals surface area contributed by atoms with Crippen LogP contribution in [-0.4, -0.2) is 40.4 Å². The molecule has 2 N–H and O–H groups in total. The molecule has 0 amide bonds. The van der Waals surface area contributed by atoms with E-state index in [1.807, 2.05) is 13.1 Å². The number of nitrogens with one attached hydrogen (secondary N) is 2. The van der Waals surface area contributed by atoms with E-state index in [-0.39, 0.29) is 24.0 Å². The molecule has 0 spiro atoms. The molecule has 0 aliphatic heterocycles. The van der Waals surface area contributed by atoms with Gasteiger partial charge in [-0.2, -0.15) is 0 Å². The van der Waals surface area contributed by atoms with E-state index in [0.29, 0.717) is 5.41 Å². The Kier molecular flexibility index (Phi) is 8.82. The fourth-order valence-corrected chi connectivity index (χ4v) is 3.70. The summed E-state index contributed by atoms with van der Waals surface area (Å²) < 4.78 is 10.6. The summed E-state index contributed by atoms with van der Waals surface area (Å²) in [6, 6.07) is 12.7. The topological polar surface area (TPSA) is 54.9 Å². The zero-order chi connectivity index (χ0) is 19.1. The minimum Gasteiger partial charge on any atom is -0.497 e. The number of fused-ring (bicyclic) bond motifs is 1. The number of halogens is 1. The largest absolute Gasteiger partial charge is 0.497 e. The molecule has 2 aromatic carbocycles. The van der Waals surface area contributed by atoms with Gasteiger partial charge in [0.1, 0.15) is 5.75 Å². The molecule has 0 atom stereocenters. The highest BCUT2D eigenvalue weighted by atomic mass is 127. The van der Waals surface area contributed by atoms with Gasteiger partial charge in [0.25, 0.3) is 0 Å². The summed E-state index contributed by atoms with van der Waals surface area (Å²) >= 11 is 0. The maximum Gasteiger partial charge on any atom is 0.191 e. The van der Waals surface area contributed by atoms with E-state index < -0.39 is 0 Å². The lowest BCUT2D eigenvalue weighted by atomic mass is 9.67. The summed E-state index contributed by atoms with van der Waals surface area (Å²) in [5, 5.41) is 9.34. The molecule has 5 nitrogen and oxygen atoms in total. The molecule has 0 bridgehead atoms. The summed E-state index contributed by atoms with van der Waals surface area (Å²) in [7, 11) is 5.30. The second-order valence-corrected chi connectivity index (χ2v) is 7.42. The fourth-order valence-electron chi connectivity index (χ4n) is 3.70. The number of rotatable bonds is 8. The summed E-state index contributed by atoms with van der Waals surface area (Å²) in [4.78, 5) is 4.38. The molecule has 28 heavy (non-hydrogen) atoms. The zero-order valence-electron chi connectivity index (χ0n) is 17.1. The van der Waals surface area contributed by atoms with Gasteiger partial charge in [0, 0.05) is 33.9 Å². The summed E-state index contributed by atoms with van der Waals surface area (Å²) in [6.07, 6.45) is 4.98. The van der Waals surface area contributed by atoms with Gasteiger partial charge in [0.05, 0.1) is 7.11 Å². The van der Waals surface area contributed by atoms with Crippen LogP contribution in [0.4, 0.5) is 0 Å². The first-order chi connectivity index (χ1) is 13.2. The molecule has 1 saturated carbocycles. The number of nitrogens with zero attached hydrogens (tertiary/aromatic N) is 1. The van der Waals surface area contributed by atoms with Crippen LogP contribution in [0.1, 0.15) is 31.2 Å². The van der Waals surface area contributed by atoms with Crippen molar-refractivity contribution in [2.24, 2.45) is 10.4 Å². The summed E-state index contributed by atoms with van der Waals surface area (Å²) in [6.45, 7) is 2.52. The van der Waals surface area contributed by atoms with Gasteiger partial charge < -0.3 is 20.1 Å². The average Bonchev–Trinajstić information content (AvgIpc) is 2.68. The SMILES string of the molecule is CN=C(NCc1ccc2cc(OC)ccc2c1)NCC1(CCOC)CCC1.I. The number of methoxy groups -OCH3 is 2. The Morgan fingerprint density at radius 2 is 1.82 bits per heavy atom. The molecule has 0 aromatic heterocycles. The lowest BCUT2D eigenvalue weighted by Crippen LogP contribution is -2.46. The molecule has 154 valence electrons. The van der Waals surface area contributed by atoms with Gasteiger partial charge in [-0.25, -0.2) is 0 Å². The first-order valence-corrected chi connectivity index (χ1v) is 9.68. The van der Waals surface area contributed by atoms with E-state index in [1.165, 1.54) is 35.6 Å². The van der Waals surface area contributed by atoms with E-state index in [4.69, 9.17) is 9.47 Å². The predicted octanol–water partition coefficient (Wildman–Crippen LogP) is 4.34. The second-order valence-electron chi connectivity index (χ2n) is 7.42. The maximum absolute atomic E-state index is 5.29. The number of benzene rings is 2. The van der Waals surface area contributed by atoms with Crippen molar-refractivity contribution in [2.45, 2.75) is 32.2 Å². The van der Waals surface area contributed by atoms with Crippen molar-refractivity contribution in [3.63, 3.8) is 0 Å². The summed E-state index contributed by atoms with van der Waals surface area (Å²) in [5.41, 5.74) is 1.60. The number of guanidine groups is 1. The minimum absolute atomic E-state index is 0. The van der Waals surface area contributed by atoms with E-state index in [0.717, 1.165) is 37.8 Å². The van der Waals surface area contributed by atoms with Crippen LogP contribution >= 0.6 is 24.0 Å². The third kappa shape index (κ3) is 5.73. The van der Waals surface area contributed by atoms with Crippen molar-refractivity contribution < 1.29 is 9.47 Å². The molecular weight excluding hydrogens is 465 g/mol. The molecule has 1 aliphatic carbocycles. The van der Waals surface area contributed by atoms with Gasteiger partial charge in [-0.15, -0.1) is 24.0 Å². The van der Waals surface area contributed by atoms with Crippen LogP contribution in [0, 0.1) is 5.41 Å². The molecule has 2 aromatic rings. The predicted molar refractivity (Wildman–Crippen MR) is 127 cm³/mol. The van der Waals surface area contributed by atoms with Crippen LogP contribution in [0.25, 0.3) is 10.8 Å². The summed E-state index contributed by atoms with van der Waals surface area (Å²) in [5.74, 6) is 1.74. The monoisotopic (exact) mass is 497 g/mol. The van der Waals surface area contributed by atoms with Gasteiger partial charge in [0.2, 0.25) is 0 Å². The third-order valence-electron chi connectivity index (χ3n) is 5.68. The van der Waals surface area contributed by atoms with E-state index in [2.05, 4.69) is 46.0 Å². The van der Waals surface area contributed by atoms with Crippen LogP contribution < -0.4 is 15.4 Å². The highest BCUT2D eigenvalue weighted by molar-refractivity contribution is 14.0. The Bertz CT molecular complexity index is 790. The van der Waals surface area contributed by atoms with Crippen molar-refractivity contribution in [3.8, 4) is 5.75 Å². The standard InChI is InChI=1S/C22H31N3O2.HI/c1-23-21(25-16-22(9-4-10-22)11-12-26-2)24-15-17-5-6-19-14-20(27-3)8-7-18(19)13-17;/h5-8,13-14H,4,9-12,15-16H2,1-3H3,(H2,23,24,25);1H. The van der Waals surface area contributed by atoms with Gasteiger partial charge >= 0.3 is 0 Å². The number of hydrogen-bond acceptors (Lipinski definition) is 3. The van der Waals surface area contributed by atoms with Gasteiger partial charge in [0.15, 0.2) is 5.96 Å². The number of ether oxygens (including phenoxy) is 2. The molecule has 3 rings (SSSR count). The van der Waals surface area contributed by atoms with Crippen LogP contribution in [0.15, 0.2) is 41.4 Å². The Morgan fingerprint density at radius 3 is 2.46 bits per heavy atom. The molecule has 0 saturated heterocycles. The van der Waals surface area contributed by atoms with E-state index in [1.54, 1.807) is 14.2 Å². The van der Waals surface area contributed by atoms with Gasteiger partial charge in [-0.05, 0) is 59.2 Å². The lowest BCUT2D eigenvalue weighted by molar-refractivity contribution is 0.0732. The van der Waals surface area contributed by atoms with E-state index >= 15 is 0 Å². The smallest absolute Gasteiger partial charge is 0.191 e. The van der Waals surface area contributed by atoms with Crippen LogP contribution in [-0.2, 0) is 11.3 Å². The molecule has 0 radical (unpaired) electrons. The van der Waals surface area contributed by atoms with Crippen LogP contribution in [0.3, 0.4) is 0 Å². The van der Waals surface area contributed by atoms with E-state index in [9.17, 15) is 0 Å². The Balaban J connectivity index is 0.00000280. The number of aliphatic imine (C=N–C) groups is 1. The molecule has 0 unspecified atom stereocenters. The average molecular weight is 497 g/mol. The quantitative estimate of drug-likeness (QED) is 0.324. The van der Waals surface area contributed by atoms with Crippen molar-refractivity contribution in [1.29, 1.82) is 0 Å². The Labute approximate surface area is 185 Å². The second kappa shape index (κ2) is 10.9. The van der Waals surface area contributed by atoms with Gasteiger partial charge in [-0.1, -0.05) is 24.6 Å². The highest BCUT2D eigenvalue weighted by Crippen LogP contribution is 2.43. The highest BCUT2D eigenvalue weighted by Gasteiger charge is 2.36. The maximum atomic E-state index is 5.29. The molecule has 6 heteroatoms. The van der Waals surface area contributed by atoms with Crippen molar-refractivity contribution in [1.82, 2.24) is 10.6 Å². The van der Waals surface area contributed by atoms with Crippen LogP contribution in [0.2, 0.25) is 0 Å². The van der Waals surface area contributed by atoms with Gasteiger partial charge in [-0.3, -0.25) is 4.99 Å². The third-order valence-corrected chi connectivity index (χ3v) is 5.68. The number of hydrogen-bond donors (Lipinski definition) is 2. The molecule has 1 fully saturated rings. The first-order valence-electron chi connectivity index (χ1n) is 9.68. The van der Waals surface area contributed by atoms with Crippen molar-refractivity contribution in [2.75, 3.05) is 34.4 Å². The molecule has 0 heterocycles. The van der Waals surface area contributed by atoms with Crippen LogP contribution in [0.5, 0.6) is 5.75 Å². The fraction of sp³-hybridized carbons (Fsp3) is 0.500. The molecule has 1 aliphatic rings.